The average Bonchev–Trinajstić information content (AvgIpc) is 1.69. The Hall–Kier alpha value is -0.500. The summed E-state index contributed by atoms with van der Waals surface area (Å²) in [6.45, 7) is 3.48. The van der Waals surface area contributed by atoms with E-state index in [1.807, 2.05) is 0 Å². The zero-order chi connectivity index (χ0) is 5.54. The highest BCUT2D eigenvalue weighted by Gasteiger charge is 1.67. The summed E-state index contributed by atoms with van der Waals surface area (Å²) in [5.41, 5.74) is 1.37. The Morgan fingerprint density at radius 1 is 1.86 bits per heavy atom. The predicted octanol–water partition coefficient (Wildman–Crippen LogP) is 1.37. The van der Waals surface area contributed by atoms with Crippen molar-refractivity contribution in [3.8, 4) is 0 Å². The molecule has 0 radical (unpaired) electrons. The smallest absolute Gasteiger partial charge is 0.136 e. The van der Waals surface area contributed by atoms with Crippen molar-refractivity contribution in [2.75, 3.05) is 6.61 Å². The van der Waals surface area contributed by atoms with Crippen LogP contribution in [0.5, 0.6) is 0 Å². The molecular formula is C4H6ClNO. The number of hydrogen-bond acceptors (Lipinski definition) is 2. The molecule has 0 heterocycles. The standard InChI is InChI=1S/C4H6ClNO/c1-6-7-4-2-3-5/h2-3H,1,4H2/b3-2+. The first-order valence-electron chi connectivity index (χ1n) is 1.75. The Morgan fingerprint density at radius 3 is 3.00 bits per heavy atom. The molecule has 2 nitrogen and oxygen atoms in total. The molecule has 0 amide bonds. The van der Waals surface area contributed by atoms with E-state index in [0.29, 0.717) is 6.61 Å². The molecule has 0 aliphatic heterocycles. The predicted molar refractivity (Wildman–Crippen MR) is 30.5 cm³/mol. The third kappa shape index (κ3) is 5.50. The van der Waals surface area contributed by atoms with Gasteiger partial charge < -0.3 is 4.84 Å². The van der Waals surface area contributed by atoms with Crippen molar-refractivity contribution in [3.63, 3.8) is 0 Å². The van der Waals surface area contributed by atoms with Crippen LogP contribution in [0, 0.1) is 0 Å². The van der Waals surface area contributed by atoms with Crippen LogP contribution in [0.25, 0.3) is 0 Å². The maximum Gasteiger partial charge on any atom is 0.136 e. The molecule has 40 valence electrons. The molecule has 0 spiro atoms. The van der Waals surface area contributed by atoms with E-state index in [9.17, 15) is 0 Å². The molecule has 3 heteroatoms. The minimum Gasteiger partial charge on any atom is -0.392 e. The van der Waals surface area contributed by atoms with Gasteiger partial charge in [-0.15, -0.1) is 5.16 Å². The molecule has 0 aromatic heterocycles. The molecule has 0 saturated heterocycles. The van der Waals surface area contributed by atoms with Gasteiger partial charge in [0.1, 0.15) is 6.61 Å². The molecule has 0 N–H and O–H groups in total. The lowest BCUT2D eigenvalue weighted by Gasteiger charge is -1.85. The second kappa shape index (κ2) is 5.50. The van der Waals surface area contributed by atoms with Gasteiger partial charge >= 0.3 is 0 Å². The lowest BCUT2D eigenvalue weighted by molar-refractivity contribution is 0.178. The van der Waals surface area contributed by atoms with E-state index in [2.05, 4.69) is 16.7 Å². The molecule has 0 aliphatic carbocycles. The number of hydrogen-bond donors (Lipinski definition) is 0. The van der Waals surface area contributed by atoms with Crippen molar-refractivity contribution in [2.45, 2.75) is 0 Å². The van der Waals surface area contributed by atoms with Crippen molar-refractivity contribution in [2.24, 2.45) is 5.16 Å². The number of oxime groups is 1. The van der Waals surface area contributed by atoms with Gasteiger partial charge in [-0.05, 0) is 6.08 Å². The Labute approximate surface area is 47.4 Å². The van der Waals surface area contributed by atoms with Crippen LogP contribution >= 0.6 is 11.6 Å². The number of nitrogens with zero attached hydrogens (tertiary/aromatic N) is 1. The fraction of sp³-hybridized carbons (Fsp3) is 0.250. The Kier molecular flexibility index (Phi) is 5.11. The highest BCUT2D eigenvalue weighted by molar-refractivity contribution is 6.25. The molecule has 0 bridgehead atoms. The van der Waals surface area contributed by atoms with Crippen LogP contribution in [0.15, 0.2) is 16.8 Å². The number of rotatable bonds is 3. The zero-order valence-electron chi connectivity index (χ0n) is 3.80. The van der Waals surface area contributed by atoms with Gasteiger partial charge in [-0.1, -0.05) is 11.6 Å². The van der Waals surface area contributed by atoms with E-state index in [1.54, 1.807) is 6.08 Å². The van der Waals surface area contributed by atoms with Crippen molar-refractivity contribution in [3.05, 3.63) is 11.6 Å². The molecule has 0 saturated carbocycles. The van der Waals surface area contributed by atoms with Gasteiger partial charge in [-0.25, -0.2) is 0 Å². The third-order valence-electron chi connectivity index (χ3n) is 0.351. The molecule has 0 aromatic carbocycles. The molecule has 7 heavy (non-hydrogen) atoms. The van der Waals surface area contributed by atoms with Crippen LogP contribution in [0.1, 0.15) is 0 Å². The van der Waals surface area contributed by atoms with Gasteiger partial charge in [0.2, 0.25) is 0 Å². The highest BCUT2D eigenvalue weighted by Crippen LogP contribution is 1.78. The summed E-state index contributed by atoms with van der Waals surface area (Å²) < 4.78 is 0. The second-order valence-corrected chi connectivity index (χ2v) is 1.04. The quantitative estimate of drug-likeness (QED) is 0.312. The first-order valence-corrected chi connectivity index (χ1v) is 2.18. The third-order valence-corrected chi connectivity index (χ3v) is 0.529. The first kappa shape index (κ1) is 6.50. The fourth-order valence-corrected chi connectivity index (χ4v) is 0.205. The largest absolute Gasteiger partial charge is 0.392 e. The fourth-order valence-electron chi connectivity index (χ4n) is 0.132. The zero-order valence-corrected chi connectivity index (χ0v) is 4.56. The van der Waals surface area contributed by atoms with Crippen LogP contribution < -0.4 is 0 Å². The van der Waals surface area contributed by atoms with E-state index in [1.165, 1.54) is 5.54 Å². The van der Waals surface area contributed by atoms with E-state index in [0.717, 1.165) is 0 Å². The molecule has 0 fully saturated rings. The van der Waals surface area contributed by atoms with E-state index < -0.39 is 0 Å². The Bertz CT molecular complexity index is 72.1. The molecule has 0 aromatic rings. The average molecular weight is 120 g/mol. The Morgan fingerprint density at radius 2 is 2.57 bits per heavy atom. The second-order valence-electron chi connectivity index (χ2n) is 0.787. The summed E-state index contributed by atoms with van der Waals surface area (Å²) in [6, 6.07) is 0. The number of halogens is 1. The van der Waals surface area contributed by atoms with Gasteiger partial charge in [0, 0.05) is 12.3 Å². The molecule has 0 aliphatic rings. The summed E-state index contributed by atoms with van der Waals surface area (Å²) in [5.74, 6) is 0. The molecule has 0 rings (SSSR count). The lowest BCUT2D eigenvalue weighted by atomic mass is 10.7. The van der Waals surface area contributed by atoms with Gasteiger partial charge in [-0.2, -0.15) is 0 Å². The highest BCUT2D eigenvalue weighted by atomic mass is 35.5. The van der Waals surface area contributed by atoms with Crippen molar-refractivity contribution in [1.29, 1.82) is 0 Å². The van der Waals surface area contributed by atoms with E-state index >= 15 is 0 Å². The minimum atomic E-state index is 0.396. The van der Waals surface area contributed by atoms with Crippen molar-refractivity contribution in [1.82, 2.24) is 0 Å². The monoisotopic (exact) mass is 119 g/mol. The van der Waals surface area contributed by atoms with Crippen LogP contribution in [0.3, 0.4) is 0 Å². The summed E-state index contributed by atoms with van der Waals surface area (Å²) in [7, 11) is 0. The van der Waals surface area contributed by atoms with Gasteiger partial charge in [0.25, 0.3) is 0 Å². The van der Waals surface area contributed by atoms with Crippen LogP contribution in [-0.4, -0.2) is 13.3 Å². The van der Waals surface area contributed by atoms with E-state index in [-0.39, 0.29) is 0 Å². The van der Waals surface area contributed by atoms with Gasteiger partial charge in [0.15, 0.2) is 0 Å². The van der Waals surface area contributed by atoms with Gasteiger partial charge in [0.05, 0.1) is 0 Å². The topological polar surface area (TPSA) is 21.6 Å². The molecular weight excluding hydrogens is 114 g/mol. The van der Waals surface area contributed by atoms with Crippen LogP contribution in [0.2, 0.25) is 0 Å². The van der Waals surface area contributed by atoms with Gasteiger partial charge in [-0.3, -0.25) is 0 Å². The Balaban J connectivity index is 2.82. The summed E-state index contributed by atoms with van der Waals surface area (Å²) in [4.78, 5) is 4.42. The maximum atomic E-state index is 5.11. The summed E-state index contributed by atoms with van der Waals surface area (Å²) in [5, 5.41) is 3.11. The van der Waals surface area contributed by atoms with Crippen molar-refractivity contribution >= 4 is 18.3 Å². The molecule has 0 unspecified atom stereocenters. The van der Waals surface area contributed by atoms with Crippen molar-refractivity contribution < 1.29 is 4.84 Å². The lowest BCUT2D eigenvalue weighted by Crippen LogP contribution is -1.76. The minimum absolute atomic E-state index is 0.396. The first-order chi connectivity index (χ1) is 3.41. The van der Waals surface area contributed by atoms with E-state index in [4.69, 9.17) is 11.6 Å². The normalized spacial score (nSPS) is 9.29. The maximum absolute atomic E-state index is 5.11. The SMILES string of the molecule is C=NOC/C=C/Cl. The van der Waals surface area contributed by atoms with Crippen LogP contribution in [0.4, 0.5) is 0 Å². The molecule has 0 atom stereocenters. The van der Waals surface area contributed by atoms with Crippen LogP contribution in [-0.2, 0) is 4.84 Å². The summed E-state index contributed by atoms with van der Waals surface area (Å²) in [6.07, 6.45) is 1.62. The summed E-state index contributed by atoms with van der Waals surface area (Å²) >= 11 is 5.11.